The van der Waals surface area contributed by atoms with Crippen molar-refractivity contribution in [2.45, 2.75) is 43.0 Å². The lowest BCUT2D eigenvalue weighted by Gasteiger charge is -2.21. The van der Waals surface area contributed by atoms with Crippen molar-refractivity contribution in [2.24, 2.45) is 0 Å². The predicted octanol–water partition coefficient (Wildman–Crippen LogP) is 4.28. The molecule has 1 saturated carbocycles. The Labute approximate surface area is 125 Å². The van der Waals surface area contributed by atoms with Gasteiger partial charge in [-0.25, -0.2) is 0 Å². The lowest BCUT2D eigenvalue weighted by molar-refractivity contribution is 0.0934. The highest BCUT2D eigenvalue weighted by Crippen LogP contribution is 2.24. The van der Waals surface area contributed by atoms with E-state index in [9.17, 15) is 4.79 Å². The average molecular weight is 375 g/mol. The van der Waals surface area contributed by atoms with Crippen LogP contribution in [0.4, 0.5) is 0 Å². The molecule has 1 aliphatic carbocycles. The molecule has 18 heavy (non-hydrogen) atoms. The van der Waals surface area contributed by atoms with Crippen molar-refractivity contribution in [3.63, 3.8) is 0 Å². The molecule has 0 aliphatic heterocycles. The quantitative estimate of drug-likeness (QED) is 0.607. The van der Waals surface area contributed by atoms with Crippen LogP contribution >= 0.6 is 31.9 Å². The molecule has 2 atom stereocenters. The van der Waals surface area contributed by atoms with Crippen LogP contribution in [0.2, 0.25) is 0 Å². The molecule has 0 bridgehead atoms. The minimum absolute atomic E-state index is 0.0128. The zero-order valence-electron chi connectivity index (χ0n) is 10.2. The summed E-state index contributed by atoms with van der Waals surface area (Å²) in [6.45, 7) is 0. The van der Waals surface area contributed by atoms with Crippen LogP contribution in [0.25, 0.3) is 0 Å². The van der Waals surface area contributed by atoms with E-state index >= 15 is 0 Å². The smallest absolute Gasteiger partial charge is 0.252 e. The van der Waals surface area contributed by atoms with Gasteiger partial charge in [0.25, 0.3) is 5.91 Å². The summed E-state index contributed by atoms with van der Waals surface area (Å²) >= 11 is 7.12. The summed E-state index contributed by atoms with van der Waals surface area (Å²) in [7, 11) is 0. The molecule has 1 aromatic rings. The number of halogens is 2. The molecule has 1 N–H and O–H groups in total. The Kier molecular flexibility index (Phi) is 5.25. The Bertz CT molecular complexity index is 422. The number of amides is 1. The maximum Gasteiger partial charge on any atom is 0.252 e. The first kappa shape index (κ1) is 14.1. The molecule has 4 heteroatoms. The van der Waals surface area contributed by atoms with Crippen LogP contribution in [0.1, 0.15) is 42.5 Å². The first-order valence-electron chi connectivity index (χ1n) is 6.38. The third-order valence-electron chi connectivity index (χ3n) is 3.37. The second-order valence-electron chi connectivity index (χ2n) is 4.71. The van der Waals surface area contributed by atoms with Gasteiger partial charge in [-0.3, -0.25) is 4.79 Å². The number of alkyl halides is 1. The lowest BCUT2D eigenvalue weighted by atomic mass is 10.1. The third-order valence-corrected chi connectivity index (χ3v) is 5.15. The number of nitrogens with one attached hydrogen (secondary N) is 1. The summed E-state index contributed by atoms with van der Waals surface area (Å²) in [5.41, 5.74) is 0.710. The fraction of sp³-hybridized carbons (Fsp3) is 0.500. The number of carbonyl (C=O) groups excluding carboxylic acids is 1. The van der Waals surface area contributed by atoms with Gasteiger partial charge in [-0.15, -0.1) is 0 Å². The van der Waals surface area contributed by atoms with Crippen LogP contribution in [0.5, 0.6) is 0 Å². The van der Waals surface area contributed by atoms with Crippen molar-refractivity contribution in [3.8, 4) is 0 Å². The van der Waals surface area contributed by atoms with E-state index in [2.05, 4.69) is 37.2 Å². The van der Waals surface area contributed by atoms with E-state index in [0.29, 0.717) is 10.4 Å². The normalized spacial score (nSPS) is 24.3. The van der Waals surface area contributed by atoms with E-state index in [4.69, 9.17) is 0 Å². The van der Waals surface area contributed by atoms with Crippen molar-refractivity contribution in [2.75, 3.05) is 0 Å². The first-order valence-corrected chi connectivity index (χ1v) is 8.09. The molecule has 1 fully saturated rings. The van der Waals surface area contributed by atoms with E-state index in [0.717, 1.165) is 17.3 Å². The molecule has 2 nitrogen and oxygen atoms in total. The number of rotatable bonds is 2. The van der Waals surface area contributed by atoms with Gasteiger partial charge in [0.15, 0.2) is 0 Å². The fourth-order valence-corrected chi connectivity index (χ4v) is 3.50. The Morgan fingerprint density at radius 2 is 1.89 bits per heavy atom. The van der Waals surface area contributed by atoms with Gasteiger partial charge < -0.3 is 5.32 Å². The molecule has 2 rings (SSSR count). The molecular weight excluding hydrogens is 358 g/mol. The average Bonchev–Trinajstić information content (AvgIpc) is 2.55. The Hall–Kier alpha value is -0.350. The molecule has 0 aromatic heterocycles. The monoisotopic (exact) mass is 373 g/mol. The van der Waals surface area contributed by atoms with E-state index in [1.54, 1.807) is 0 Å². The summed E-state index contributed by atoms with van der Waals surface area (Å²) < 4.78 is 0.849. The first-order chi connectivity index (χ1) is 8.68. The maximum absolute atomic E-state index is 12.2. The highest BCUT2D eigenvalue weighted by atomic mass is 79.9. The van der Waals surface area contributed by atoms with Crippen LogP contribution in [-0.4, -0.2) is 16.8 Å². The highest BCUT2D eigenvalue weighted by molar-refractivity contribution is 9.10. The molecule has 98 valence electrons. The van der Waals surface area contributed by atoms with Gasteiger partial charge in [0.2, 0.25) is 0 Å². The van der Waals surface area contributed by atoms with Gasteiger partial charge in [-0.05, 0) is 40.9 Å². The highest BCUT2D eigenvalue weighted by Gasteiger charge is 2.23. The molecule has 0 heterocycles. The van der Waals surface area contributed by atoms with Gasteiger partial charge in [0, 0.05) is 15.3 Å². The molecular formula is C14H17Br2NO. The molecule has 1 aromatic carbocycles. The fourth-order valence-electron chi connectivity index (χ4n) is 2.32. The van der Waals surface area contributed by atoms with Crippen LogP contribution in [0, 0.1) is 0 Å². The summed E-state index contributed by atoms with van der Waals surface area (Å²) in [6.07, 6.45) is 5.91. The summed E-state index contributed by atoms with van der Waals surface area (Å²) in [5.74, 6) is 0.0128. The third kappa shape index (κ3) is 3.58. The number of hydrogen-bond acceptors (Lipinski definition) is 1. The molecule has 0 radical (unpaired) electrons. The number of hydrogen-bond donors (Lipinski definition) is 1. The van der Waals surface area contributed by atoms with Gasteiger partial charge >= 0.3 is 0 Å². The van der Waals surface area contributed by atoms with Crippen molar-refractivity contribution >= 4 is 37.8 Å². The molecule has 1 aliphatic rings. The SMILES string of the molecule is O=C(NC1CCCCCC1Br)c1ccccc1Br. The Morgan fingerprint density at radius 3 is 2.67 bits per heavy atom. The van der Waals surface area contributed by atoms with Gasteiger partial charge in [-0.2, -0.15) is 0 Å². The van der Waals surface area contributed by atoms with Crippen molar-refractivity contribution in [3.05, 3.63) is 34.3 Å². The minimum Gasteiger partial charge on any atom is -0.348 e. The largest absolute Gasteiger partial charge is 0.348 e. The Balaban J connectivity index is 2.04. The van der Waals surface area contributed by atoms with E-state index < -0.39 is 0 Å². The van der Waals surface area contributed by atoms with Crippen LogP contribution in [0.3, 0.4) is 0 Å². The van der Waals surface area contributed by atoms with E-state index in [1.165, 1.54) is 19.3 Å². The molecule has 2 unspecified atom stereocenters. The summed E-state index contributed by atoms with van der Waals surface area (Å²) in [6, 6.07) is 7.79. The second kappa shape index (κ2) is 6.71. The van der Waals surface area contributed by atoms with Crippen LogP contribution in [-0.2, 0) is 0 Å². The Morgan fingerprint density at radius 1 is 1.17 bits per heavy atom. The van der Waals surface area contributed by atoms with Crippen molar-refractivity contribution in [1.82, 2.24) is 5.32 Å². The number of benzene rings is 1. The van der Waals surface area contributed by atoms with Crippen LogP contribution < -0.4 is 5.32 Å². The molecule has 1 amide bonds. The summed E-state index contributed by atoms with van der Waals surface area (Å²) in [4.78, 5) is 12.6. The predicted molar refractivity (Wildman–Crippen MR) is 81.2 cm³/mol. The zero-order valence-corrected chi connectivity index (χ0v) is 13.3. The van der Waals surface area contributed by atoms with Crippen molar-refractivity contribution < 1.29 is 4.79 Å². The maximum atomic E-state index is 12.2. The van der Waals surface area contributed by atoms with Crippen LogP contribution in [0.15, 0.2) is 28.7 Å². The van der Waals surface area contributed by atoms with Gasteiger partial charge in [0.05, 0.1) is 5.56 Å². The standard InChI is InChI=1S/C14H17Br2NO/c15-11-7-5-4-6-10(11)14(18)17-13-9-3-1-2-8-12(13)16/h4-7,12-13H,1-3,8-9H2,(H,17,18). The molecule has 0 saturated heterocycles. The van der Waals surface area contributed by atoms with E-state index in [-0.39, 0.29) is 11.9 Å². The zero-order chi connectivity index (χ0) is 13.0. The van der Waals surface area contributed by atoms with Gasteiger partial charge in [0.1, 0.15) is 0 Å². The summed E-state index contributed by atoms with van der Waals surface area (Å²) in [5, 5.41) is 3.15. The van der Waals surface area contributed by atoms with Gasteiger partial charge in [-0.1, -0.05) is 47.3 Å². The van der Waals surface area contributed by atoms with E-state index in [1.807, 2.05) is 24.3 Å². The van der Waals surface area contributed by atoms with Crippen molar-refractivity contribution in [1.29, 1.82) is 0 Å². The topological polar surface area (TPSA) is 29.1 Å². The number of carbonyl (C=O) groups is 1. The minimum atomic E-state index is 0.0128. The second-order valence-corrected chi connectivity index (χ2v) is 6.74. The molecule has 0 spiro atoms. The lowest BCUT2D eigenvalue weighted by Crippen LogP contribution is -2.40.